The van der Waals surface area contributed by atoms with Gasteiger partial charge >= 0.3 is 12.1 Å². The van der Waals surface area contributed by atoms with E-state index in [4.69, 9.17) is 9.47 Å². The standard InChI is InChI=1S/C22H33NO4/c1-8-16(2)12-13-17-10-9-11-18(14-17)15-22(6,19(24)26-7)23-20(25)27-21(3,4)5/h8-11,14,16H,1,12-13,15H2,2-7H3,(H,23,25). The van der Waals surface area contributed by atoms with E-state index in [2.05, 4.69) is 31.0 Å². The number of nitrogens with one attached hydrogen (secondary N) is 1. The Labute approximate surface area is 163 Å². The molecule has 5 nitrogen and oxygen atoms in total. The lowest BCUT2D eigenvalue weighted by Gasteiger charge is -2.30. The fourth-order valence-electron chi connectivity index (χ4n) is 2.74. The minimum Gasteiger partial charge on any atom is -0.467 e. The van der Waals surface area contributed by atoms with E-state index in [1.54, 1.807) is 27.7 Å². The normalized spacial score (nSPS) is 14.6. The molecule has 0 fully saturated rings. The summed E-state index contributed by atoms with van der Waals surface area (Å²) in [6, 6.07) is 8.04. The first-order valence-corrected chi connectivity index (χ1v) is 9.29. The topological polar surface area (TPSA) is 64.6 Å². The Morgan fingerprint density at radius 2 is 1.85 bits per heavy atom. The molecule has 0 aliphatic rings. The Morgan fingerprint density at radius 3 is 2.41 bits per heavy atom. The van der Waals surface area contributed by atoms with Crippen LogP contribution in [0, 0.1) is 5.92 Å². The number of benzene rings is 1. The van der Waals surface area contributed by atoms with Crippen LogP contribution in [0.15, 0.2) is 36.9 Å². The van der Waals surface area contributed by atoms with Crippen LogP contribution in [0.25, 0.3) is 0 Å². The molecule has 0 heterocycles. The Kier molecular flexibility index (Phi) is 8.07. The first-order chi connectivity index (χ1) is 12.5. The Hall–Kier alpha value is -2.30. The largest absolute Gasteiger partial charge is 0.467 e. The van der Waals surface area contributed by atoms with Crippen LogP contribution >= 0.6 is 0 Å². The highest BCUT2D eigenvalue weighted by Gasteiger charge is 2.37. The summed E-state index contributed by atoms with van der Waals surface area (Å²) in [5.74, 6) is -0.0677. The molecule has 0 radical (unpaired) electrons. The molecular formula is C22H33NO4. The van der Waals surface area contributed by atoms with E-state index < -0.39 is 23.2 Å². The number of amides is 1. The molecule has 27 heavy (non-hydrogen) atoms. The van der Waals surface area contributed by atoms with Gasteiger partial charge in [0.15, 0.2) is 0 Å². The highest BCUT2D eigenvalue weighted by Crippen LogP contribution is 2.19. The monoisotopic (exact) mass is 375 g/mol. The molecule has 150 valence electrons. The number of hydrogen-bond donors (Lipinski definition) is 1. The molecule has 0 bridgehead atoms. The van der Waals surface area contributed by atoms with Gasteiger partial charge in [0.25, 0.3) is 0 Å². The molecule has 0 saturated carbocycles. The van der Waals surface area contributed by atoms with E-state index >= 15 is 0 Å². The number of ether oxygens (including phenoxy) is 2. The van der Waals surface area contributed by atoms with Gasteiger partial charge in [-0.15, -0.1) is 6.58 Å². The summed E-state index contributed by atoms with van der Waals surface area (Å²) in [7, 11) is 1.31. The number of carbonyl (C=O) groups excluding carboxylic acids is 2. The van der Waals surface area contributed by atoms with Crippen molar-refractivity contribution >= 4 is 12.1 Å². The molecule has 1 N–H and O–H groups in total. The number of alkyl carbamates (subject to hydrolysis) is 1. The molecule has 2 atom stereocenters. The molecule has 5 heteroatoms. The van der Waals surface area contributed by atoms with Gasteiger partial charge in [-0.25, -0.2) is 9.59 Å². The lowest BCUT2D eigenvalue weighted by atomic mass is 9.91. The quantitative estimate of drug-likeness (QED) is 0.539. The van der Waals surface area contributed by atoms with Crippen LogP contribution in [-0.2, 0) is 27.1 Å². The van der Waals surface area contributed by atoms with Gasteiger partial charge in [0, 0.05) is 6.42 Å². The van der Waals surface area contributed by atoms with Crippen molar-refractivity contribution in [1.82, 2.24) is 5.32 Å². The molecule has 1 amide bonds. The highest BCUT2D eigenvalue weighted by molar-refractivity contribution is 5.85. The SMILES string of the molecule is C=CC(C)CCc1cccc(CC(C)(NC(=O)OC(C)(C)C)C(=O)OC)c1. The van der Waals surface area contributed by atoms with Gasteiger partial charge in [-0.3, -0.25) is 0 Å². The van der Waals surface area contributed by atoms with E-state index in [9.17, 15) is 9.59 Å². The van der Waals surface area contributed by atoms with Gasteiger partial charge in [0.2, 0.25) is 0 Å². The number of carbonyl (C=O) groups is 2. The van der Waals surface area contributed by atoms with Gasteiger partial charge in [-0.05, 0) is 57.6 Å². The van der Waals surface area contributed by atoms with Crippen molar-refractivity contribution in [3.63, 3.8) is 0 Å². The smallest absolute Gasteiger partial charge is 0.408 e. The number of aryl methyl sites for hydroxylation is 1. The molecule has 0 saturated heterocycles. The lowest BCUT2D eigenvalue weighted by Crippen LogP contribution is -2.55. The van der Waals surface area contributed by atoms with E-state index in [0.717, 1.165) is 18.4 Å². The Morgan fingerprint density at radius 1 is 1.22 bits per heavy atom. The number of allylic oxidation sites excluding steroid dienone is 1. The average Bonchev–Trinajstić information content (AvgIpc) is 2.57. The van der Waals surface area contributed by atoms with Crippen LogP contribution in [0.4, 0.5) is 4.79 Å². The Balaban J connectivity index is 2.94. The Bertz CT molecular complexity index is 663. The number of methoxy groups -OCH3 is 1. The molecule has 1 aromatic rings. The van der Waals surface area contributed by atoms with Gasteiger partial charge in [-0.2, -0.15) is 0 Å². The minimum atomic E-state index is -1.22. The zero-order valence-corrected chi connectivity index (χ0v) is 17.4. The molecule has 0 aromatic heterocycles. The molecule has 1 aromatic carbocycles. The van der Waals surface area contributed by atoms with Gasteiger partial charge in [0.1, 0.15) is 11.1 Å². The third-order valence-corrected chi connectivity index (χ3v) is 4.25. The van der Waals surface area contributed by atoms with Crippen LogP contribution in [-0.4, -0.2) is 30.3 Å². The van der Waals surface area contributed by atoms with Crippen molar-refractivity contribution in [2.24, 2.45) is 5.92 Å². The fourth-order valence-corrected chi connectivity index (χ4v) is 2.74. The van der Waals surface area contributed by atoms with Crippen LogP contribution in [0.2, 0.25) is 0 Å². The fraction of sp³-hybridized carbons (Fsp3) is 0.545. The summed E-state index contributed by atoms with van der Waals surface area (Å²) in [6.45, 7) is 12.9. The van der Waals surface area contributed by atoms with Crippen LogP contribution in [0.1, 0.15) is 52.2 Å². The van der Waals surface area contributed by atoms with Crippen molar-refractivity contribution in [3.8, 4) is 0 Å². The number of rotatable bonds is 8. The van der Waals surface area contributed by atoms with E-state index in [0.29, 0.717) is 12.3 Å². The maximum Gasteiger partial charge on any atom is 0.408 e. The third-order valence-electron chi connectivity index (χ3n) is 4.25. The predicted octanol–water partition coefficient (Wildman–Crippen LogP) is 4.44. The van der Waals surface area contributed by atoms with Crippen LogP contribution in [0.5, 0.6) is 0 Å². The maximum absolute atomic E-state index is 12.4. The van der Waals surface area contributed by atoms with E-state index in [1.165, 1.54) is 12.7 Å². The maximum atomic E-state index is 12.4. The second kappa shape index (κ2) is 9.58. The van der Waals surface area contributed by atoms with Crippen molar-refractivity contribution in [2.45, 2.75) is 65.0 Å². The van der Waals surface area contributed by atoms with Gasteiger partial charge in [0.05, 0.1) is 7.11 Å². The van der Waals surface area contributed by atoms with Crippen LogP contribution < -0.4 is 5.32 Å². The van der Waals surface area contributed by atoms with Crippen molar-refractivity contribution < 1.29 is 19.1 Å². The summed E-state index contributed by atoms with van der Waals surface area (Å²) >= 11 is 0. The summed E-state index contributed by atoms with van der Waals surface area (Å²) in [6.07, 6.45) is 3.55. The summed E-state index contributed by atoms with van der Waals surface area (Å²) in [5, 5.41) is 2.68. The number of esters is 1. The van der Waals surface area contributed by atoms with Crippen molar-refractivity contribution in [1.29, 1.82) is 0 Å². The van der Waals surface area contributed by atoms with E-state index in [1.807, 2.05) is 18.2 Å². The van der Waals surface area contributed by atoms with E-state index in [-0.39, 0.29) is 0 Å². The highest BCUT2D eigenvalue weighted by atomic mass is 16.6. The molecule has 0 spiro atoms. The van der Waals surface area contributed by atoms with Crippen LogP contribution in [0.3, 0.4) is 0 Å². The number of hydrogen-bond acceptors (Lipinski definition) is 4. The first-order valence-electron chi connectivity index (χ1n) is 9.29. The summed E-state index contributed by atoms with van der Waals surface area (Å²) in [5.41, 5.74) is 0.265. The zero-order chi connectivity index (χ0) is 20.7. The molecule has 0 aliphatic heterocycles. The first kappa shape index (κ1) is 22.7. The van der Waals surface area contributed by atoms with Crippen molar-refractivity contribution in [2.75, 3.05) is 7.11 Å². The minimum absolute atomic E-state index is 0.309. The second-order valence-corrected chi connectivity index (χ2v) is 8.20. The predicted molar refractivity (Wildman–Crippen MR) is 108 cm³/mol. The third kappa shape index (κ3) is 7.85. The molecule has 2 unspecified atom stereocenters. The lowest BCUT2D eigenvalue weighted by molar-refractivity contribution is -0.147. The summed E-state index contributed by atoms with van der Waals surface area (Å²) < 4.78 is 10.2. The second-order valence-electron chi connectivity index (χ2n) is 8.20. The molecular weight excluding hydrogens is 342 g/mol. The van der Waals surface area contributed by atoms with Crippen molar-refractivity contribution in [3.05, 3.63) is 48.0 Å². The zero-order valence-electron chi connectivity index (χ0n) is 17.4. The molecule has 1 rings (SSSR count). The molecule has 0 aliphatic carbocycles. The average molecular weight is 376 g/mol. The van der Waals surface area contributed by atoms with Gasteiger partial charge in [-0.1, -0.05) is 37.3 Å². The summed E-state index contributed by atoms with van der Waals surface area (Å²) in [4.78, 5) is 24.6. The van der Waals surface area contributed by atoms with Gasteiger partial charge < -0.3 is 14.8 Å².